The molecule has 2 aromatic rings. The summed E-state index contributed by atoms with van der Waals surface area (Å²) >= 11 is 0. The zero-order valence-corrected chi connectivity index (χ0v) is 11.6. The molecule has 20 heavy (non-hydrogen) atoms. The van der Waals surface area contributed by atoms with Crippen LogP contribution >= 0.6 is 0 Å². The standard InChI is InChI=1S/C14H14N2O3S/c1-11(13-9-5-6-10-14(13)17)15-16-20(18,19)12-7-3-2-4-8-12/h2-10,16-17H,1H3/b15-11-. The largest absolute Gasteiger partial charge is 0.507 e. The van der Waals surface area contributed by atoms with Crippen molar-refractivity contribution in [2.75, 3.05) is 0 Å². The Morgan fingerprint density at radius 2 is 1.65 bits per heavy atom. The van der Waals surface area contributed by atoms with Crippen LogP contribution in [0.4, 0.5) is 0 Å². The Balaban J connectivity index is 2.23. The average molecular weight is 290 g/mol. The minimum Gasteiger partial charge on any atom is -0.507 e. The number of phenolic OH excluding ortho intramolecular Hbond substituents is 1. The van der Waals surface area contributed by atoms with Gasteiger partial charge in [-0.2, -0.15) is 18.4 Å². The van der Waals surface area contributed by atoms with Crippen LogP contribution < -0.4 is 4.83 Å². The van der Waals surface area contributed by atoms with E-state index in [0.717, 1.165) is 0 Å². The molecule has 0 fully saturated rings. The Labute approximate surface area is 117 Å². The molecule has 0 unspecified atom stereocenters. The van der Waals surface area contributed by atoms with Crippen molar-refractivity contribution in [1.29, 1.82) is 0 Å². The summed E-state index contributed by atoms with van der Waals surface area (Å²) in [5.41, 5.74) is 0.853. The topological polar surface area (TPSA) is 78.8 Å². The number of phenols is 1. The van der Waals surface area contributed by atoms with E-state index < -0.39 is 10.0 Å². The number of rotatable bonds is 4. The summed E-state index contributed by atoms with van der Waals surface area (Å²) in [5, 5.41) is 13.5. The molecule has 2 aromatic carbocycles. The molecular weight excluding hydrogens is 276 g/mol. The number of hydrogen-bond donors (Lipinski definition) is 2. The van der Waals surface area contributed by atoms with Gasteiger partial charge < -0.3 is 5.11 Å². The lowest BCUT2D eigenvalue weighted by molar-refractivity contribution is 0.474. The Bertz CT molecular complexity index is 725. The quantitative estimate of drug-likeness (QED) is 0.668. The Morgan fingerprint density at radius 3 is 2.30 bits per heavy atom. The average Bonchev–Trinajstić information content (AvgIpc) is 2.46. The molecule has 0 saturated carbocycles. The number of nitrogens with one attached hydrogen (secondary N) is 1. The predicted octanol–water partition coefficient (Wildman–Crippen LogP) is 2.09. The number of aromatic hydroxyl groups is 1. The maximum atomic E-state index is 12.0. The van der Waals surface area contributed by atoms with E-state index in [0.29, 0.717) is 11.3 Å². The number of hydrazone groups is 1. The van der Waals surface area contributed by atoms with Crippen molar-refractivity contribution in [3.8, 4) is 5.75 Å². The summed E-state index contributed by atoms with van der Waals surface area (Å²) in [6.45, 7) is 1.61. The molecule has 0 aliphatic carbocycles. The minimum absolute atomic E-state index is 0.0488. The summed E-state index contributed by atoms with van der Waals surface area (Å²) < 4.78 is 23.9. The van der Waals surface area contributed by atoms with Gasteiger partial charge in [-0.15, -0.1) is 0 Å². The highest BCUT2D eigenvalue weighted by Gasteiger charge is 2.12. The molecule has 2 N–H and O–H groups in total. The molecule has 0 aliphatic heterocycles. The second-order valence-corrected chi connectivity index (χ2v) is 5.78. The van der Waals surface area contributed by atoms with Gasteiger partial charge in [0.15, 0.2) is 0 Å². The molecule has 0 atom stereocenters. The van der Waals surface area contributed by atoms with Gasteiger partial charge in [0.2, 0.25) is 0 Å². The maximum Gasteiger partial charge on any atom is 0.276 e. The van der Waals surface area contributed by atoms with Crippen LogP contribution in [0.1, 0.15) is 12.5 Å². The number of benzene rings is 2. The van der Waals surface area contributed by atoms with Crippen molar-refractivity contribution in [3.05, 3.63) is 60.2 Å². The summed E-state index contributed by atoms with van der Waals surface area (Å²) in [5.74, 6) is 0.0488. The summed E-state index contributed by atoms with van der Waals surface area (Å²) in [7, 11) is -3.70. The first-order chi connectivity index (χ1) is 9.50. The van der Waals surface area contributed by atoms with Crippen molar-refractivity contribution in [1.82, 2.24) is 4.83 Å². The molecule has 104 valence electrons. The molecule has 0 amide bonds. The Hall–Kier alpha value is -2.34. The fourth-order valence-corrected chi connectivity index (χ4v) is 2.50. The molecule has 5 nitrogen and oxygen atoms in total. The van der Waals surface area contributed by atoms with Crippen LogP contribution in [0.5, 0.6) is 5.75 Å². The fraction of sp³-hybridized carbons (Fsp3) is 0.0714. The molecule has 0 radical (unpaired) electrons. The first-order valence-corrected chi connectivity index (χ1v) is 7.38. The number of hydrogen-bond acceptors (Lipinski definition) is 4. The van der Waals surface area contributed by atoms with E-state index in [9.17, 15) is 13.5 Å². The Kier molecular flexibility index (Phi) is 4.05. The molecule has 0 aliphatic rings. The molecule has 0 bridgehead atoms. The second-order valence-electron chi connectivity index (χ2n) is 4.12. The highest BCUT2D eigenvalue weighted by Crippen LogP contribution is 2.16. The van der Waals surface area contributed by atoms with Crippen molar-refractivity contribution in [3.63, 3.8) is 0 Å². The van der Waals surface area contributed by atoms with Gasteiger partial charge in [0.05, 0.1) is 10.6 Å². The van der Waals surface area contributed by atoms with Crippen LogP contribution in [0, 0.1) is 0 Å². The van der Waals surface area contributed by atoms with Crippen molar-refractivity contribution in [2.24, 2.45) is 5.10 Å². The molecule has 2 rings (SSSR count). The molecule has 0 spiro atoms. The summed E-state index contributed by atoms with van der Waals surface area (Å²) in [6.07, 6.45) is 0. The van der Waals surface area contributed by atoms with Crippen molar-refractivity contribution < 1.29 is 13.5 Å². The third kappa shape index (κ3) is 3.16. The SMILES string of the molecule is C/C(=N/NS(=O)(=O)c1ccccc1)c1ccccc1O. The highest BCUT2D eigenvalue weighted by atomic mass is 32.2. The van der Waals surface area contributed by atoms with Crippen LogP contribution in [0.25, 0.3) is 0 Å². The molecule has 0 aromatic heterocycles. The van der Waals surface area contributed by atoms with Crippen molar-refractivity contribution >= 4 is 15.7 Å². The van der Waals surface area contributed by atoms with Crippen LogP contribution in [-0.4, -0.2) is 19.2 Å². The van der Waals surface area contributed by atoms with Gasteiger partial charge in [-0.05, 0) is 31.2 Å². The zero-order valence-electron chi connectivity index (χ0n) is 10.8. The van der Waals surface area contributed by atoms with Crippen LogP contribution in [0.2, 0.25) is 0 Å². The van der Waals surface area contributed by atoms with Crippen LogP contribution in [0.3, 0.4) is 0 Å². The smallest absolute Gasteiger partial charge is 0.276 e. The van der Waals surface area contributed by atoms with E-state index >= 15 is 0 Å². The monoisotopic (exact) mass is 290 g/mol. The highest BCUT2D eigenvalue weighted by molar-refractivity contribution is 7.89. The predicted molar refractivity (Wildman–Crippen MR) is 77.1 cm³/mol. The van der Waals surface area contributed by atoms with Crippen molar-refractivity contribution in [2.45, 2.75) is 11.8 Å². The van der Waals surface area contributed by atoms with E-state index in [1.165, 1.54) is 18.2 Å². The zero-order chi connectivity index (χ0) is 14.6. The van der Waals surface area contributed by atoms with E-state index in [-0.39, 0.29) is 10.6 Å². The lowest BCUT2D eigenvalue weighted by Gasteiger charge is -2.06. The second kappa shape index (κ2) is 5.75. The first kappa shape index (κ1) is 14.1. The van der Waals surface area contributed by atoms with Crippen LogP contribution in [-0.2, 0) is 10.0 Å². The summed E-state index contributed by atoms with van der Waals surface area (Å²) in [6, 6.07) is 14.5. The van der Waals surface area contributed by atoms with Crippen LogP contribution in [0.15, 0.2) is 64.6 Å². The van der Waals surface area contributed by atoms with Gasteiger partial charge in [-0.1, -0.05) is 30.3 Å². The molecule has 6 heteroatoms. The maximum absolute atomic E-state index is 12.0. The summed E-state index contributed by atoms with van der Waals surface area (Å²) in [4.78, 5) is 2.28. The third-order valence-corrected chi connectivity index (χ3v) is 3.91. The number of nitrogens with zero attached hydrogens (tertiary/aromatic N) is 1. The lowest BCUT2D eigenvalue weighted by atomic mass is 10.1. The van der Waals surface area contributed by atoms with Gasteiger partial charge in [0, 0.05) is 5.56 Å². The lowest BCUT2D eigenvalue weighted by Crippen LogP contribution is -2.19. The van der Waals surface area contributed by atoms with Gasteiger partial charge >= 0.3 is 0 Å². The first-order valence-electron chi connectivity index (χ1n) is 5.90. The number of para-hydroxylation sites is 1. The fourth-order valence-electron chi connectivity index (χ4n) is 1.62. The Morgan fingerprint density at radius 1 is 1.05 bits per heavy atom. The number of sulfonamides is 1. The molecule has 0 saturated heterocycles. The van der Waals surface area contributed by atoms with E-state index in [1.807, 2.05) is 0 Å². The third-order valence-electron chi connectivity index (χ3n) is 2.68. The molecular formula is C14H14N2O3S. The van der Waals surface area contributed by atoms with E-state index in [2.05, 4.69) is 9.93 Å². The normalized spacial score (nSPS) is 12.2. The van der Waals surface area contributed by atoms with Gasteiger partial charge in [0.25, 0.3) is 10.0 Å². The van der Waals surface area contributed by atoms with E-state index in [1.54, 1.807) is 43.3 Å². The van der Waals surface area contributed by atoms with E-state index in [4.69, 9.17) is 0 Å². The minimum atomic E-state index is -3.70. The van der Waals surface area contributed by atoms with Gasteiger partial charge in [-0.25, -0.2) is 0 Å². The molecule has 0 heterocycles. The van der Waals surface area contributed by atoms with Gasteiger partial charge in [0.1, 0.15) is 5.75 Å². The van der Waals surface area contributed by atoms with Gasteiger partial charge in [-0.3, -0.25) is 0 Å².